The maximum atomic E-state index is 7.10. The Bertz CT molecular complexity index is 3230. The van der Waals surface area contributed by atoms with E-state index in [1.165, 1.54) is 65.7 Å². The number of nitrogens with zero attached hydrogens (tertiary/aromatic N) is 1. The van der Waals surface area contributed by atoms with Crippen LogP contribution in [0.3, 0.4) is 0 Å². The third-order valence-corrected chi connectivity index (χ3v) is 12.3. The van der Waals surface area contributed by atoms with Crippen LogP contribution < -0.4 is 9.64 Å². The molecule has 10 aromatic rings. The quantitative estimate of drug-likeness (QED) is 0.179. The van der Waals surface area contributed by atoms with E-state index in [1.54, 1.807) is 0 Å². The highest BCUT2D eigenvalue weighted by atomic mass is 16.5. The van der Waals surface area contributed by atoms with E-state index in [0.717, 1.165) is 39.7 Å². The first-order valence-electron chi connectivity index (χ1n) is 19.7. The van der Waals surface area contributed by atoms with Gasteiger partial charge >= 0.3 is 0 Å². The predicted octanol–water partition coefficient (Wildman–Crippen LogP) is 14.8. The lowest BCUT2D eigenvalue weighted by Gasteiger charge is -2.45. The van der Waals surface area contributed by atoms with Gasteiger partial charge in [0.25, 0.3) is 0 Å². The number of para-hydroxylation sites is 1. The van der Waals surface area contributed by atoms with Gasteiger partial charge in [-0.05, 0) is 90.5 Å². The first kappa shape index (κ1) is 31.9. The molecule has 266 valence electrons. The third-order valence-electron chi connectivity index (χ3n) is 12.3. The number of rotatable bonds is 4. The van der Waals surface area contributed by atoms with Crippen molar-refractivity contribution in [3.8, 4) is 33.8 Å². The van der Waals surface area contributed by atoms with Crippen molar-refractivity contribution in [1.82, 2.24) is 0 Å². The number of fused-ring (bicyclic) bond motifs is 10. The minimum Gasteiger partial charge on any atom is -0.457 e. The molecular weight excluding hydrogens is 691 g/mol. The van der Waals surface area contributed by atoms with E-state index in [9.17, 15) is 0 Å². The zero-order chi connectivity index (χ0) is 37.5. The molecule has 2 nitrogen and oxygen atoms in total. The lowest BCUT2D eigenvalue weighted by molar-refractivity contribution is 0.435. The molecule has 2 aliphatic rings. The average Bonchev–Trinajstić information content (AvgIpc) is 3.28. The maximum absolute atomic E-state index is 7.10. The van der Waals surface area contributed by atoms with E-state index in [2.05, 4.69) is 217 Å². The highest BCUT2D eigenvalue weighted by Crippen LogP contribution is 2.61. The summed E-state index contributed by atoms with van der Waals surface area (Å²) in [6, 6.07) is 77.5. The van der Waals surface area contributed by atoms with Crippen LogP contribution in [0, 0.1) is 0 Å². The molecule has 0 N–H and O–H groups in total. The summed E-state index contributed by atoms with van der Waals surface area (Å²) in [5.74, 6) is 1.73. The van der Waals surface area contributed by atoms with Gasteiger partial charge in [0, 0.05) is 34.1 Å². The molecule has 1 unspecified atom stereocenters. The smallest absolute Gasteiger partial charge is 0.134 e. The summed E-state index contributed by atoms with van der Waals surface area (Å²) in [5, 5.41) is 7.35. The van der Waals surface area contributed by atoms with Crippen LogP contribution in [0.1, 0.15) is 22.3 Å². The Morgan fingerprint density at radius 2 is 0.982 bits per heavy atom. The largest absolute Gasteiger partial charge is 0.457 e. The Morgan fingerprint density at radius 1 is 0.368 bits per heavy atom. The van der Waals surface area contributed by atoms with Gasteiger partial charge in [-0.15, -0.1) is 0 Å². The Kier molecular flexibility index (Phi) is 6.88. The lowest BCUT2D eigenvalue weighted by Crippen LogP contribution is -2.36. The van der Waals surface area contributed by atoms with E-state index in [4.69, 9.17) is 4.74 Å². The Morgan fingerprint density at radius 3 is 1.88 bits per heavy atom. The highest BCUT2D eigenvalue weighted by molar-refractivity contribution is 6.07. The average molecular weight is 726 g/mol. The van der Waals surface area contributed by atoms with Crippen molar-refractivity contribution in [3.63, 3.8) is 0 Å². The van der Waals surface area contributed by atoms with Crippen LogP contribution in [0.25, 0.3) is 54.6 Å². The van der Waals surface area contributed by atoms with Crippen molar-refractivity contribution < 1.29 is 4.74 Å². The number of hydrogen-bond acceptors (Lipinski definition) is 2. The molecular formula is C55H35NO. The van der Waals surface area contributed by atoms with Crippen LogP contribution in [-0.2, 0) is 5.41 Å². The maximum Gasteiger partial charge on any atom is 0.134 e. The topological polar surface area (TPSA) is 12.5 Å². The molecule has 57 heavy (non-hydrogen) atoms. The molecule has 0 bridgehead atoms. The second-order valence-electron chi connectivity index (χ2n) is 15.2. The number of benzene rings is 10. The van der Waals surface area contributed by atoms with Gasteiger partial charge in [-0.2, -0.15) is 0 Å². The fourth-order valence-corrected chi connectivity index (χ4v) is 9.92. The number of anilines is 3. The monoisotopic (exact) mass is 725 g/mol. The number of ether oxygens (including phenoxy) is 1. The van der Waals surface area contributed by atoms with Gasteiger partial charge in [-0.1, -0.05) is 176 Å². The molecule has 1 spiro atoms. The van der Waals surface area contributed by atoms with Crippen molar-refractivity contribution in [2.45, 2.75) is 5.41 Å². The summed E-state index contributed by atoms with van der Waals surface area (Å²) < 4.78 is 7.10. The van der Waals surface area contributed by atoms with Crippen LogP contribution in [0.4, 0.5) is 17.1 Å². The van der Waals surface area contributed by atoms with Gasteiger partial charge in [0.05, 0.1) is 11.1 Å². The van der Waals surface area contributed by atoms with Crippen molar-refractivity contribution in [3.05, 3.63) is 235 Å². The molecule has 1 atom stereocenters. The van der Waals surface area contributed by atoms with Gasteiger partial charge < -0.3 is 9.64 Å². The van der Waals surface area contributed by atoms with Crippen LogP contribution in [0.5, 0.6) is 11.5 Å². The van der Waals surface area contributed by atoms with Gasteiger partial charge in [-0.25, -0.2) is 0 Å². The van der Waals surface area contributed by atoms with Crippen LogP contribution in [-0.4, -0.2) is 0 Å². The standard InChI is InChI=1S/C55H35NO/c1-2-16-39(17-3-1)54-43-21-7-6-15-37(43)29-33-50(54)56(41-30-28-36-14-4-5-18-40(36)34-41)42-31-32-48-52(35-42)57-51-27-11-10-25-47(51)55(48)46-24-9-8-22-44(46)45-23-12-19-38-20-13-26-49(55)53(38)45/h1-35H. The summed E-state index contributed by atoms with van der Waals surface area (Å²) in [5.41, 5.74) is 12.3. The third kappa shape index (κ3) is 4.59. The van der Waals surface area contributed by atoms with Gasteiger partial charge in [0.1, 0.15) is 11.5 Å². The molecule has 0 fully saturated rings. The predicted molar refractivity (Wildman–Crippen MR) is 236 cm³/mol. The summed E-state index contributed by atoms with van der Waals surface area (Å²) in [4.78, 5) is 2.42. The Hall–Kier alpha value is -7.42. The molecule has 10 aromatic carbocycles. The lowest BCUT2D eigenvalue weighted by atomic mass is 9.58. The second-order valence-corrected chi connectivity index (χ2v) is 15.2. The summed E-state index contributed by atoms with van der Waals surface area (Å²) >= 11 is 0. The Labute approximate surface area is 331 Å². The zero-order valence-corrected chi connectivity index (χ0v) is 31.1. The molecule has 12 rings (SSSR count). The molecule has 0 radical (unpaired) electrons. The van der Waals surface area contributed by atoms with Crippen molar-refractivity contribution in [1.29, 1.82) is 0 Å². The van der Waals surface area contributed by atoms with Gasteiger partial charge in [-0.3, -0.25) is 0 Å². The number of hydrogen-bond donors (Lipinski definition) is 0. The SMILES string of the molecule is c1ccc(-c2c(N(c3ccc4c(c3)Oc3ccccc3C43c4ccccc4-c4cccc5cccc3c45)c3ccc4ccccc4c3)ccc3ccccc23)cc1. The fraction of sp³-hybridized carbons (Fsp3) is 0.0182. The molecule has 0 saturated carbocycles. The second kappa shape index (κ2) is 12.3. The van der Waals surface area contributed by atoms with E-state index in [0.29, 0.717) is 0 Å². The van der Waals surface area contributed by atoms with E-state index in [1.807, 2.05) is 0 Å². The highest BCUT2D eigenvalue weighted by Gasteiger charge is 2.49. The molecule has 0 aromatic heterocycles. The first-order valence-corrected chi connectivity index (χ1v) is 19.7. The molecule has 2 heteroatoms. The summed E-state index contributed by atoms with van der Waals surface area (Å²) in [6.07, 6.45) is 0. The van der Waals surface area contributed by atoms with Gasteiger partial charge in [0.15, 0.2) is 0 Å². The van der Waals surface area contributed by atoms with Crippen LogP contribution in [0.2, 0.25) is 0 Å². The van der Waals surface area contributed by atoms with Crippen molar-refractivity contribution >= 4 is 49.4 Å². The molecule has 1 heterocycles. The van der Waals surface area contributed by atoms with E-state index in [-0.39, 0.29) is 0 Å². The van der Waals surface area contributed by atoms with E-state index >= 15 is 0 Å². The van der Waals surface area contributed by atoms with Crippen LogP contribution >= 0.6 is 0 Å². The molecule has 1 aliphatic carbocycles. The molecule has 0 amide bonds. The minimum absolute atomic E-state index is 0.598. The van der Waals surface area contributed by atoms with E-state index < -0.39 is 5.41 Å². The normalized spacial score (nSPS) is 14.9. The molecule has 0 saturated heterocycles. The zero-order valence-electron chi connectivity index (χ0n) is 31.1. The van der Waals surface area contributed by atoms with Crippen molar-refractivity contribution in [2.75, 3.05) is 4.90 Å². The first-order chi connectivity index (χ1) is 28.3. The summed E-state index contributed by atoms with van der Waals surface area (Å²) in [6.45, 7) is 0. The van der Waals surface area contributed by atoms with Crippen LogP contribution in [0.15, 0.2) is 212 Å². The molecule has 1 aliphatic heterocycles. The van der Waals surface area contributed by atoms with Crippen molar-refractivity contribution in [2.24, 2.45) is 0 Å². The van der Waals surface area contributed by atoms with Gasteiger partial charge in [0.2, 0.25) is 0 Å². The summed E-state index contributed by atoms with van der Waals surface area (Å²) in [7, 11) is 0. The minimum atomic E-state index is -0.598. The Balaban J connectivity index is 1.16. The fourth-order valence-electron chi connectivity index (χ4n) is 9.92.